The van der Waals surface area contributed by atoms with Crippen LogP contribution in [-0.2, 0) is 12.8 Å². The smallest absolute Gasteiger partial charge is 0.276 e. The lowest BCUT2D eigenvalue weighted by Gasteiger charge is -2.20. The van der Waals surface area contributed by atoms with E-state index in [1.807, 2.05) is 72.8 Å². The number of benzene rings is 2. The number of aromatic nitrogens is 2. The second kappa shape index (κ2) is 9.64. The summed E-state index contributed by atoms with van der Waals surface area (Å²) in [4.78, 5) is 10.1. The maximum Gasteiger partial charge on any atom is 0.276 e. The molecule has 2 aromatic carbocycles. The van der Waals surface area contributed by atoms with Gasteiger partial charge < -0.3 is 14.2 Å². The minimum absolute atomic E-state index is 0.239. The Morgan fingerprint density at radius 3 is 2.44 bits per heavy atom. The van der Waals surface area contributed by atoms with Crippen LogP contribution in [0.25, 0.3) is 28.1 Å². The maximum absolute atomic E-state index is 6.19. The van der Waals surface area contributed by atoms with Crippen molar-refractivity contribution in [3.63, 3.8) is 0 Å². The van der Waals surface area contributed by atoms with Crippen LogP contribution in [-0.4, -0.2) is 14.7 Å². The molecule has 5 aromatic rings. The molecule has 3 heterocycles. The number of para-hydroxylation sites is 2. The summed E-state index contributed by atoms with van der Waals surface area (Å²) in [6.45, 7) is 0. The van der Waals surface area contributed by atoms with Crippen molar-refractivity contribution in [1.82, 2.24) is 9.55 Å². The van der Waals surface area contributed by atoms with E-state index in [1.54, 1.807) is 10.8 Å². The number of pyridine rings is 1. The van der Waals surface area contributed by atoms with Crippen LogP contribution >= 0.6 is 24.4 Å². The molecule has 36 heavy (non-hydrogen) atoms. The Kier molecular flexibility index (Phi) is 6.04. The summed E-state index contributed by atoms with van der Waals surface area (Å²) in [5, 5.41) is 4.24. The highest BCUT2D eigenvalue weighted by Crippen LogP contribution is 2.35. The monoisotopic (exact) mass is 510 g/mol. The van der Waals surface area contributed by atoms with E-state index >= 15 is 0 Å². The van der Waals surface area contributed by atoms with Gasteiger partial charge >= 0.3 is 0 Å². The van der Waals surface area contributed by atoms with Gasteiger partial charge in [0.2, 0.25) is 5.71 Å². The number of thiocarbonyl (C=S) groups is 1. The zero-order valence-electron chi connectivity index (χ0n) is 19.3. The zero-order valence-corrected chi connectivity index (χ0v) is 20.9. The SMILES string of the molecule is S=C(/N=c1/c2c(-c3ccco3)c3c(nc2oc(=S)n1-c1ccccc1)CCCC3)Nc1ccccc1. The van der Waals surface area contributed by atoms with Gasteiger partial charge in [-0.2, -0.15) is 0 Å². The number of furan rings is 1. The second-order valence-electron chi connectivity index (χ2n) is 8.55. The van der Waals surface area contributed by atoms with E-state index in [2.05, 4.69) is 5.32 Å². The molecule has 0 saturated heterocycles. The molecule has 178 valence electrons. The average Bonchev–Trinajstić information content (AvgIpc) is 3.43. The fourth-order valence-corrected chi connectivity index (χ4v) is 5.17. The molecule has 0 amide bonds. The lowest BCUT2D eigenvalue weighted by molar-refractivity contribution is 0.517. The third-order valence-corrected chi connectivity index (χ3v) is 6.72. The molecular weight excluding hydrogens is 488 g/mol. The van der Waals surface area contributed by atoms with E-state index in [0.29, 0.717) is 16.3 Å². The van der Waals surface area contributed by atoms with Gasteiger partial charge in [0.25, 0.3) is 4.84 Å². The Morgan fingerprint density at radius 2 is 1.69 bits per heavy atom. The Labute approximate surface area is 218 Å². The molecule has 8 heteroatoms. The van der Waals surface area contributed by atoms with E-state index in [0.717, 1.165) is 65.0 Å². The number of hydrogen-bond acceptors (Lipinski definition) is 5. The fraction of sp³-hybridized carbons (Fsp3) is 0.143. The summed E-state index contributed by atoms with van der Waals surface area (Å²) < 4.78 is 13.9. The zero-order chi connectivity index (χ0) is 24.5. The standard InChI is InChI=1S/C28H22N4O2S2/c35-27(29-18-10-3-1-4-11-18)31-25-24-23(22-16-9-17-33-22)20-14-7-8-15-21(20)30-26(24)34-28(36)32(25)19-12-5-2-6-13-19/h1-6,9-13,16-17H,7-8,14-15H2,(H,29,35)/b31-25-. The van der Waals surface area contributed by atoms with E-state index in [1.165, 1.54) is 0 Å². The number of nitrogens with zero attached hydrogens (tertiary/aromatic N) is 3. The van der Waals surface area contributed by atoms with E-state index < -0.39 is 0 Å². The van der Waals surface area contributed by atoms with Crippen molar-refractivity contribution < 1.29 is 8.83 Å². The van der Waals surface area contributed by atoms with Crippen LogP contribution < -0.4 is 10.8 Å². The molecule has 0 spiro atoms. The van der Waals surface area contributed by atoms with Gasteiger partial charge in [0.1, 0.15) is 5.76 Å². The van der Waals surface area contributed by atoms with Gasteiger partial charge in [-0.05, 0) is 92.1 Å². The summed E-state index contributed by atoms with van der Waals surface area (Å²) in [7, 11) is 0. The Hall–Kier alpha value is -3.88. The summed E-state index contributed by atoms with van der Waals surface area (Å²) in [6, 6.07) is 23.3. The number of nitrogens with one attached hydrogen (secondary N) is 1. The fourth-order valence-electron chi connectivity index (χ4n) is 4.70. The quantitative estimate of drug-likeness (QED) is 0.270. The van der Waals surface area contributed by atoms with Crippen LogP contribution in [0, 0.1) is 4.84 Å². The van der Waals surface area contributed by atoms with Gasteiger partial charge in [-0.25, -0.2) is 9.98 Å². The molecule has 0 bridgehead atoms. The topological polar surface area (TPSA) is 68.5 Å². The van der Waals surface area contributed by atoms with Gasteiger partial charge in [0.05, 0.1) is 17.3 Å². The molecule has 0 aliphatic heterocycles. The van der Waals surface area contributed by atoms with E-state index in [-0.39, 0.29) is 4.84 Å². The molecule has 1 aliphatic carbocycles. The molecule has 0 atom stereocenters. The minimum atomic E-state index is 0.239. The van der Waals surface area contributed by atoms with E-state index in [9.17, 15) is 0 Å². The largest absolute Gasteiger partial charge is 0.464 e. The molecule has 6 nitrogen and oxygen atoms in total. The van der Waals surface area contributed by atoms with Gasteiger partial charge in [-0.3, -0.25) is 4.57 Å². The Morgan fingerprint density at radius 1 is 0.944 bits per heavy atom. The van der Waals surface area contributed by atoms with Crippen LogP contribution in [0.1, 0.15) is 24.1 Å². The van der Waals surface area contributed by atoms with Crippen molar-refractivity contribution in [3.8, 4) is 17.0 Å². The Bertz CT molecular complexity index is 1690. The molecule has 6 rings (SSSR count). The van der Waals surface area contributed by atoms with E-state index in [4.69, 9.17) is 43.2 Å². The highest BCUT2D eigenvalue weighted by atomic mass is 32.1. The van der Waals surface area contributed by atoms with Crippen molar-refractivity contribution >= 4 is 46.3 Å². The summed E-state index contributed by atoms with van der Waals surface area (Å²) in [5.41, 5.74) is 5.76. The average molecular weight is 511 g/mol. The molecular formula is C28H22N4O2S2. The molecule has 0 fully saturated rings. The maximum atomic E-state index is 6.19. The highest BCUT2D eigenvalue weighted by molar-refractivity contribution is 7.80. The summed E-state index contributed by atoms with van der Waals surface area (Å²) >= 11 is 11.4. The van der Waals surface area contributed by atoms with Gasteiger partial charge in [0, 0.05) is 16.9 Å². The van der Waals surface area contributed by atoms with Crippen molar-refractivity contribution in [1.29, 1.82) is 0 Å². The van der Waals surface area contributed by atoms with Crippen molar-refractivity contribution in [3.05, 3.63) is 101 Å². The van der Waals surface area contributed by atoms with Crippen LogP contribution in [0.5, 0.6) is 0 Å². The first kappa shape index (κ1) is 22.6. The normalized spacial score (nSPS) is 13.5. The second-order valence-corrected chi connectivity index (χ2v) is 9.28. The first-order valence-corrected chi connectivity index (χ1v) is 12.6. The minimum Gasteiger partial charge on any atom is -0.464 e. The van der Waals surface area contributed by atoms with Crippen molar-refractivity contribution in [2.24, 2.45) is 4.99 Å². The molecule has 1 N–H and O–H groups in total. The first-order chi connectivity index (χ1) is 17.7. The number of hydrogen-bond donors (Lipinski definition) is 1. The number of aryl methyl sites for hydroxylation is 1. The lowest BCUT2D eigenvalue weighted by Crippen LogP contribution is -2.26. The predicted molar refractivity (Wildman–Crippen MR) is 147 cm³/mol. The number of rotatable bonds is 3. The third kappa shape index (κ3) is 4.19. The van der Waals surface area contributed by atoms with Crippen molar-refractivity contribution in [2.75, 3.05) is 5.32 Å². The van der Waals surface area contributed by atoms with Crippen LogP contribution in [0.4, 0.5) is 5.69 Å². The van der Waals surface area contributed by atoms with Crippen LogP contribution in [0.15, 0.2) is 92.9 Å². The van der Waals surface area contributed by atoms with Gasteiger partial charge in [-0.1, -0.05) is 36.4 Å². The van der Waals surface area contributed by atoms with Crippen LogP contribution in [0.2, 0.25) is 0 Å². The lowest BCUT2D eigenvalue weighted by atomic mass is 9.90. The van der Waals surface area contributed by atoms with Gasteiger partial charge in [0.15, 0.2) is 10.6 Å². The molecule has 0 unspecified atom stereocenters. The number of fused-ring (bicyclic) bond motifs is 2. The van der Waals surface area contributed by atoms with Gasteiger partial charge in [-0.15, -0.1) is 0 Å². The van der Waals surface area contributed by atoms with Crippen LogP contribution in [0.3, 0.4) is 0 Å². The molecule has 0 radical (unpaired) electrons. The highest BCUT2D eigenvalue weighted by Gasteiger charge is 2.25. The predicted octanol–water partition coefficient (Wildman–Crippen LogP) is 6.78. The first-order valence-electron chi connectivity index (χ1n) is 11.8. The Balaban J connectivity index is 1.72. The summed E-state index contributed by atoms with van der Waals surface area (Å²) in [6.07, 6.45) is 5.64. The summed E-state index contributed by atoms with van der Waals surface area (Å²) in [5.74, 6) is 0.742. The molecule has 1 aliphatic rings. The molecule has 3 aromatic heterocycles. The van der Waals surface area contributed by atoms with Crippen molar-refractivity contribution in [2.45, 2.75) is 25.7 Å². The molecule has 0 saturated carbocycles. The number of anilines is 1. The third-order valence-electron chi connectivity index (χ3n) is 6.26.